The minimum atomic E-state index is -4.46. The summed E-state index contributed by atoms with van der Waals surface area (Å²) in [5.74, 6) is -0.0845. The Morgan fingerprint density at radius 2 is 1.84 bits per heavy atom. The Kier molecular flexibility index (Phi) is 8.57. The van der Waals surface area contributed by atoms with Crippen LogP contribution in [0.3, 0.4) is 0 Å². The molecule has 3 rings (SSSR count). The number of urea groups is 1. The van der Waals surface area contributed by atoms with Gasteiger partial charge in [0.1, 0.15) is 11.9 Å². The van der Waals surface area contributed by atoms with Gasteiger partial charge in [-0.3, -0.25) is 4.79 Å². The Bertz CT molecular complexity index is 1110. The molecule has 202 valence electrons. The van der Waals surface area contributed by atoms with Gasteiger partial charge in [-0.1, -0.05) is 6.92 Å². The van der Waals surface area contributed by atoms with Crippen LogP contribution in [-0.4, -0.2) is 79.8 Å². The standard InChI is InChI=1S/C26H33F3N4O4/c1-16-13-33(17(2)15-34)24(35)21-12-20(31(3)4)10-11-22(21)37-23(16)14-32(5)25(36)30-19-8-6-18(7-9-19)26(27,28)29/h6-12,16-17,23,34H,13-15H2,1-5H3,(H,30,36)/t16-,17+,23-/m0/s1. The molecule has 1 aliphatic heterocycles. The van der Waals surface area contributed by atoms with Crippen molar-refractivity contribution < 1.29 is 32.6 Å². The Morgan fingerprint density at radius 1 is 1.19 bits per heavy atom. The van der Waals surface area contributed by atoms with Crippen LogP contribution in [0.15, 0.2) is 42.5 Å². The number of fused-ring (bicyclic) bond motifs is 1. The number of nitrogens with one attached hydrogen (secondary N) is 1. The smallest absolute Gasteiger partial charge is 0.416 e. The number of benzene rings is 2. The third-order valence-corrected chi connectivity index (χ3v) is 6.43. The second kappa shape index (κ2) is 11.3. The van der Waals surface area contributed by atoms with Gasteiger partial charge in [0, 0.05) is 45.0 Å². The molecule has 2 aromatic carbocycles. The third kappa shape index (κ3) is 6.65. The lowest BCUT2D eigenvalue weighted by Crippen LogP contribution is -2.50. The van der Waals surface area contributed by atoms with Gasteiger partial charge < -0.3 is 29.9 Å². The molecule has 2 N–H and O–H groups in total. The summed E-state index contributed by atoms with van der Waals surface area (Å²) in [6.07, 6.45) is -4.97. The molecule has 0 radical (unpaired) electrons. The van der Waals surface area contributed by atoms with Gasteiger partial charge in [0.05, 0.1) is 30.3 Å². The molecule has 3 amide bonds. The molecule has 0 bridgehead atoms. The number of nitrogens with zero attached hydrogens (tertiary/aromatic N) is 3. The van der Waals surface area contributed by atoms with Crippen molar-refractivity contribution >= 4 is 23.3 Å². The molecular weight excluding hydrogens is 489 g/mol. The summed E-state index contributed by atoms with van der Waals surface area (Å²) in [6.45, 7) is 3.91. The number of carbonyl (C=O) groups excluding carboxylic acids is 2. The number of aliphatic hydroxyl groups is 1. The molecule has 0 aliphatic carbocycles. The predicted molar refractivity (Wildman–Crippen MR) is 135 cm³/mol. The molecule has 1 aliphatic rings. The molecular formula is C26H33F3N4O4. The predicted octanol–water partition coefficient (Wildman–Crippen LogP) is 4.16. The lowest BCUT2D eigenvalue weighted by Gasteiger charge is -2.38. The van der Waals surface area contributed by atoms with E-state index in [4.69, 9.17) is 4.74 Å². The zero-order valence-electron chi connectivity index (χ0n) is 21.5. The van der Waals surface area contributed by atoms with Crippen LogP contribution in [0.1, 0.15) is 29.8 Å². The minimum absolute atomic E-state index is 0.151. The first-order chi connectivity index (χ1) is 17.3. The topological polar surface area (TPSA) is 85.3 Å². The van der Waals surface area contributed by atoms with Crippen LogP contribution in [0.2, 0.25) is 0 Å². The van der Waals surface area contributed by atoms with Gasteiger partial charge in [-0.15, -0.1) is 0 Å². The van der Waals surface area contributed by atoms with Crippen molar-refractivity contribution in [1.29, 1.82) is 0 Å². The maximum atomic E-state index is 13.4. The maximum Gasteiger partial charge on any atom is 0.416 e. The van der Waals surface area contributed by atoms with Crippen LogP contribution in [0.5, 0.6) is 5.75 Å². The van der Waals surface area contributed by atoms with Gasteiger partial charge in [0.2, 0.25) is 0 Å². The minimum Gasteiger partial charge on any atom is -0.487 e. The fourth-order valence-corrected chi connectivity index (χ4v) is 4.02. The van der Waals surface area contributed by atoms with E-state index in [-0.39, 0.29) is 30.7 Å². The Hall–Kier alpha value is -3.47. The van der Waals surface area contributed by atoms with Crippen LogP contribution < -0.4 is 15.0 Å². The van der Waals surface area contributed by atoms with Crippen molar-refractivity contribution in [2.24, 2.45) is 5.92 Å². The summed E-state index contributed by atoms with van der Waals surface area (Å²) in [5.41, 5.74) is 0.597. The van der Waals surface area contributed by atoms with Crippen molar-refractivity contribution in [3.05, 3.63) is 53.6 Å². The molecule has 37 heavy (non-hydrogen) atoms. The first-order valence-corrected chi connectivity index (χ1v) is 11.9. The lowest BCUT2D eigenvalue weighted by molar-refractivity contribution is -0.137. The van der Waals surface area contributed by atoms with Gasteiger partial charge in [0.25, 0.3) is 5.91 Å². The maximum absolute atomic E-state index is 13.4. The van der Waals surface area contributed by atoms with Crippen molar-refractivity contribution in [1.82, 2.24) is 9.80 Å². The van der Waals surface area contributed by atoms with Crippen LogP contribution in [-0.2, 0) is 6.18 Å². The second-order valence-electron chi connectivity index (χ2n) is 9.58. The van der Waals surface area contributed by atoms with Crippen LogP contribution >= 0.6 is 0 Å². The molecule has 0 fully saturated rings. The molecule has 8 nitrogen and oxygen atoms in total. The van der Waals surface area contributed by atoms with E-state index >= 15 is 0 Å². The molecule has 0 aromatic heterocycles. The molecule has 0 spiro atoms. The number of alkyl halides is 3. The lowest BCUT2D eigenvalue weighted by atomic mass is 9.99. The number of halogens is 3. The molecule has 0 saturated carbocycles. The number of ether oxygens (including phenoxy) is 1. The molecule has 11 heteroatoms. The summed E-state index contributed by atoms with van der Waals surface area (Å²) in [5, 5.41) is 12.4. The normalized spacial score (nSPS) is 18.7. The number of anilines is 2. The highest BCUT2D eigenvalue weighted by Gasteiger charge is 2.34. The molecule has 3 atom stereocenters. The number of hydrogen-bond acceptors (Lipinski definition) is 5. The number of aliphatic hydroxyl groups excluding tert-OH is 1. The zero-order chi connectivity index (χ0) is 27.5. The van der Waals surface area contributed by atoms with Gasteiger partial charge in [-0.2, -0.15) is 13.2 Å². The third-order valence-electron chi connectivity index (χ3n) is 6.43. The zero-order valence-corrected chi connectivity index (χ0v) is 21.5. The molecule has 0 unspecified atom stereocenters. The Balaban J connectivity index is 1.81. The van der Waals surface area contributed by atoms with Crippen molar-refractivity contribution in [2.45, 2.75) is 32.2 Å². The highest BCUT2D eigenvalue weighted by Crippen LogP contribution is 2.32. The van der Waals surface area contributed by atoms with Crippen molar-refractivity contribution in [3.63, 3.8) is 0 Å². The number of likely N-dealkylation sites (N-methyl/N-ethyl adjacent to an activating group) is 1. The Morgan fingerprint density at radius 3 is 2.41 bits per heavy atom. The SMILES string of the molecule is C[C@H](CO)N1C[C@H](C)[C@H](CN(C)C(=O)Nc2ccc(C(F)(F)F)cc2)Oc2ccc(N(C)C)cc2C1=O. The number of amides is 3. The molecule has 2 aromatic rings. The van der Waals surface area contributed by atoms with E-state index in [9.17, 15) is 27.9 Å². The quantitative estimate of drug-likeness (QED) is 0.595. The first kappa shape index (κ1) is 28.1. The Labute approximate surface area is 214 Å². The van der Waals surface area contributed by atoms with E-state index in [1.165, 1.54) is 17.0 Å². The van der Waals surface area contributed by atoms with E-state index in [1.54, 1.807) is 31.0 Å². The average molecular weight is 523 g/mol. The summed E-state index contributed by atoms with van der Waals surface area (Å²) in [4.78, 5) is 31.1. The number of hydrogen-bond donors (Lipinski definition) is 2. The van der Waals surface area contributed by atoms with Crippen LogP contribution in [0, 0.1) is 5.92 Å². The van der Waals surface area contributed by atoms with E-state index in [1.807, 2.05) is 32.0 Å². The van der Waals surface area contributed by atoms with Crippen LogP contribution in [0.25, 0.3) is 0 Å². The van der Waals surface area contributed by atoms with E-state index in [2.05, 4.69) is 5.32 Å². The van der Waals surface area contributed by atoms with Gasteiger partial charge in [0.15, 0.2) is 0 Å². The largest absolute Gasteiger partial charge is 0.487 e. The van der Waals surface area contributed by atoms with Gasteiger partial charge >= 0.3 is 12.2 Å². The average Bonchev–Trinajstić information content (AvgIpc) is 2.84. The molecule has 0 saturated heterocycles. The van der Waals surface area contributed by atoms with Gasteiger partial charge in [-0.25, -0.2) is 4.79 Å². The number of rotatable bonds is 6. The fraction of sp³-hybridized carbons (Fsp3) is 0.462. The summed E-state index contributed by atoms with van der Waals surface area (Å²) in [6, 6.07) is 8.55. The van der Waals surface area contributed by atoms with Crippen LogP contribution in [0.4, 0.5) is 29.3 Å². The first-order valence-electron chi connectivity index (χ1n) is 11.9. The number of carbonyl (C=O) groups is 2. The van der Waals surface area contributed by atoms with Crippen molar-refractivity contribution in [3.8, 4) is 5.75 Å². The van der Waals surface area contributed by atoms with Crippen molar-refractivity contribution in [2.75, 3.05) is 51.1 Å². The molecule has 1 heterocycles. The summed E-state index contributed by atoms with van der Waals surface area (Å²) >= 11 is 0. The van der Waals surface area contributed by atoms with E-state index in [0.717, 1.165) is 17.8 Å². The second-order valence-corrected chi connectivity index (χ2v) is 9.58. The summed E-state index contributed by atoms with van der Waals surface area (Å²) < 4.78 is 44.7. The van der Waals surface area contributed by atoms with Gasteiger partial charge in [-0.05, 0) is 49.4 Å². The summed E-state index contributed by atoms with van der Waals surface area (Å²) in [7, 11) is 5.28. The van der Waals surface area contributed by atoms with E-state index in [0.29, 0.717) is 17.9 Å². The highest BCUT2D eigenvalue weighted by atomic mass is 19.4. The highest BCUT2D eigenvalue weighted by molar-refractivity contribution is 5.98. The fourth-order valence-electron chi connectivity index (χ4n) is 4.02. The monoisotopic (exact) mass is 522 g/mol. The van der Waals surface area contributed by atoms with E-state index < -0.39 is 29.9 Å².